The summed E-state index contributed by atoms with van der Waals surface area (Å²) in [4.78, 5) is 0. The van der Waals surface area contributed by atoms with Crippen LogP contribution >= 0.6 is 0 Å². The van der Waals surface area contributed by atoms with Crippen molar-refractivity contribution >= 4 is 5.71 Å². The summed E-state index contributed by atoms with van der Waals surface area (Å²) in [7, 11) is 0. The standard InChI is InChI=1S/C11H19N/c1-6-11(7-8(2)3)9(4)10(5)12/h6-9,12H,1H2,2-5H3/b11-7+,12-10?. The Morgan fingerprint density at radius 1 is 1.33 bits per heavy atom. The summed E-state index contributed by atoms with van der Waals surface area (Å²) in [6.07, 6.45) is 4.01. The van der Waals surface area contributed by atoms with E-state index in [-0.39, 0.29) is 5.92 Å². The normalized spacial score (nSPS) is 14.6. The SMILES string of the molecule is C=C/C(=C\C(C)C)C(C)C(C)=N. The Labute approximate surface area is 75.7 Å². The van der Waals surface area contributed by atoms with Gasteiger partial charge in [0.1, 0.15) is 0 Å². The van der Waals surface area contributed by atoms with Crippen LogP contribution in [0.15, 0.2) is 24.3 Å². The van der Waals surface area contributed by atoms with Gasteiger partial charge < -0.3 is 5.41 Å². The molecule has 0 spiro atoms. The molecule has 0 radical (unpaired) electrons. The Bertz CT molecular complexity index is 199. The molecule has 0 aromatic carbocycles. The Hall–Kier alpha value is -0.850. The van der Waals surface area contributed by atoms with E-state index in [1.165, 1.54) is 0 Å². The molecule has 0 rings (SSSR count). The highest BCUT2D eigenvalue weighted by molar-refractivity contribution is 5.84. The van der Waals surface area contributed by atoms with Gasteiger partial charge in [0, 0.05) is 11.6 Å². The van der Waals surface area contributed by atoms with Crippen molar-refractivity contribution in [3.8, 4) is 0 Å². The second kappa shape index (κ2) is 4.91. The molecule has 0 saturated heterocycles. The number of hydrogen-bond acceptors (Lipinski definition) is 1. The summed E-state index contributed by atoms with van der Waals surface area (Å²) in [5.74, 6) is 0.740. The molecule has 1 atom stereocenters. The number of hydrogen-bond donors (Lipinski definition) is 1. The average molecular weight is 165 g/mol. The third kappa shape index (κ3) is 3.51. The quantitative estimate of drug-likeness (QED) is 0.487. The molecule has 1 unspecified atom stereocenters. The van der Waals surface area contributed by atoms with Gasteiger partial charge in [-0.1, -0.05) is 39.5 Å². The van der Waals surface area contributed by atoms with Crippen LogP contribution in [0, 0.1) is 17.2 Å². The van der Waals surface area contributed by atoms with Gasteiger partial charge in [0.15, 0.2) is 0 Å². The molecule has 0 amide bonds. The van der Waals surface area contributed by atoms with Crippen LogP contribution in [0.2, 0.25) is 0 Å². The molecule has 0 bridgehead atoms. The lowest BCUT2D eigenvalue weighted by Crippen LogP contribution is -2.07. The second-order valence-corrected chi connectivity index (χ2v) is 3.52. The first-order valence-electron chi connectivity index (χ1n) is 4.38. The maximum absolute atomic E-state index is 7.49. The van der Waals surface area contributed by atoms with Crippen LogP contribution < -0.4 is 0 Å². The Morgan fingerprint density at radius 3 is 2.08 bits per heavy atom. The van der Waals surface area contributed by atoms with Crippen molar-refractivity contribution in [2.45, 2.75) is 27.7 Å². The monoisotopic (exact) mass is 165 g/mol. The van der Waals surface area contributed by atoms with Gasteiger partial charge in [-0.2, -0.15) is 0 Å². The summed E-state index contributed by atoms with van der Waals surface area (Å²) in [5, 5.41) is 7.49. The molecule has 0 aliphatic carbocycles. The van der Waals surface area contributed by atoms with E-state index in [2.05, 4.69) is 26.5 Å². The second-order valence-electron chi connectivity index (χ2n) is 3.52. The number of rotatable bonds is 4. The number of nitrogens with one attached hydrogen (secondary N) is 1. The molecule has 12 heavy (non-hydrogen) atoms. The summed E-state index contributed by atoms with van der Waals surface area (Å²) >= 11 is 0. The summed E-state index contributed by atoms with van der Waals surface area (Å²) < 4.78 is 0. The average Bonchev–Trinajstić information content (AvgIpc) is 1.98. The Balaban J connectivity index is 4.55. The van der Waals surface area contributed by atoms with E-state index >= 15 is 0 Å². The van der Waals surface area contributed by atoms with Crippen molar-refractivity contribution in [2.75, 3.05) is 0 Å². The molecule has 0 fully saturated rings. The van der Waals surface area contributed by atoms with E-state index in [4.69, 9.17) is 5.41 Å². The topological polar surface area (TPSA) is 23.9 Å². The molecule has 1 N–H and O–H groups in total. The van der Waals surface area contributed by atoms with Gasteiger partial charge in [-0.25, -0.2) is 0 Å². The molecule has 1 heteroatoms. The van der Waals surface area contributed by atoms with Crippen molar-refractivity contribution < 1.29 is 0 Å². The zero-order valence-corrected chi connectivity index (χ0v) is 8.52. The van der Waals surface area contributed by atoms with Crippen LogP contribution in [0.4, 0.5) is 0 Å². The maximum Gasteiger partial charge on any atom is 0.0182 e. The minimum absolute atomic E-state index is 0.213. The van der Waals surface area contributed by atoms with E-state index in [9.17, 15) is 0 Å². The van der Waals surface area contributed by atoms with E-state index in [1.54, 1.807) is 0 Å². The first-order chi connectivity index (χ1) is 5.49. The summed E-state index contributed by atoms with van der Waals surface area (Å²) in [6.45, 7) is 11.9. The highest BCUT2D eigenvalue weighted by Gasteiger charge is 2.07. The van der Waals surface area contributed by atoms with Gasteiger partial charge in [0.2, 0.25) is 0 Å². The minimum atomic E-state index is 0.213. The fourth-order valence-electron chi connectivity index (χ4n) is 1.02. The zero-order valence-electron chi connectivity index (χ0n) is 8.52. The van der Waals surface area contributed by atoms with E-state index in [1.807, 2.05) is 19.9 Å². The molecular formula is C11H19N. The maximum atomic E-state index is 7.49. The summed E-state index contributed by atoms with van der Waals surface area (Å²) in [6, 6.07) is 0. The molecule has 0 aliphatic rings. The lowest BCUT2D eigenvalue weighted by Gasteiger charge is -2.12. The molecule has 0 aliphatic heterocycles. The van der Waals surface area contributed by atoms with Crippen LogP contribution in [-0.2, 0) is 0 Å². The van der Waals surface area contributed by atoms with Gasteiger partial charge in [-0.15, -0.1) is 0 Å². The van der Waals surface area contributed by atoms with Gasteiger partial charge in [0.05, 0.1) is 0 Å². The fraction of sp³-hybridized carbons (Fsp3) is 0.545. The van der Waals surface area contributed by atoms with Crippen molar-refractivity contribution in [3.05, 3.63) is 24.3 Å². The predicted molar refractivity (Wildman–Crippen MR) is 55.7 cm³/mol. The Morgan fingerprint density at radius 2 is 1.83 bits per heavy atom. The van der Waals surface area contributed by atoms with Gasteiger partial charge in [-0.05, 0) is 18.4 Å². The molecule has 1 nitrogen and oxygen atoms in total. The van der Waals surface area contributed by atoms with Crippen LogP contribution in [0.1, 0.15) is 27.7 Å². The van der Waals surface area contributed by atoms with E-state index in [0.717, 1.165) is 5.57 Å². The third-order valence-corrected chi connectivity index (χ3v) is 1.91. The van der Waals surface area contributed by atoms with Crippen LogP contribution in [0.25, 0.3) is 0 Å². The third-order valence-electron chi connectivity index (χ3n) is 1.91. The van der Waals surface area contributed by atoms with Crippen molar-refractivity contribution in [2.24, 2.45) is 11.8 Å². The zero-order chi connectivity index (χ0) is 9.72. The van der Waals surface area contributed by atoms with Crippen LogP contribution in [-0.4, -0.2) is 5.71 Å². The highest BCUT2D eigenvalue weighted by atomic mass is 14.4. The molecule has 0 aromatic heterocycles. The largest absolute Gasteiger partial charge is 0.309 e. The van der Waals surface area contributed by atoms with Crippen LogP contribution in [0.5, 0.6) is 0 Å². The van der Waals surface area contributed by atoms with Crippen molar-refractivity contribution in [1.29, 1.82) is 5.41 Å². The van der Waals surface area contributed by atoms with Gasteiger partial charge >= 0.3 is 0 Å². The number of allylic oxidation sites excluding steroid dienone is 3. The van der Waals surface area contributed by atoms with E-state index in [0.29, 0.717) is 11.6 Å². The van der Waals surface area contributed by atoms with Crippen LogP contribution in [0.3, 0.4) is 0 Å². The first-order valence-corrected chi connectivity index (χ1v) is 4.38. The Kier molecular flexibility index (Phi) is 4.57. The van der Waals surface area contributed by atoms with Crippen molar-refractivity contribution in [3.63, 3.8) is 0 Å². The fourth-order valence-corrected chi connectivity index (χ4v) is 1.02. The lowest BCUT2D eigenvalue weighted by molar-refractivity contribution is 0.801. The molecule has 0 heterocycles. The molecule has 0 saturated carbocycles. The predicted octanol–water partition coefficient (Wildman–Crippen LogP) is 3.43. The van der Waals surface area contributed by atoms with Crippen molar-refractivity contribution in [1.82, 2.24) is 0 Å². The smallest absolute Gasteiger partial charge is 0.0182 e. The van der Waals surface area contributed by atoms with Gasteiger partial charge in [-0.3, -0.25) is 0 Å². The molecule has 68 valence electrons. The lowest BCUT2D eigenvalue weighted by atomic mass is 9.94. The highest BCUT2D eigenvalue weighted by Crippen LogP contribution is 2.15. The molecule has 0 aromatic rings. The first kappa shape index (κ1) is 11.2. The molecular weight excluding hydrogens is 146 g/mol. The van der Waals surface area contributed by atoms with Gasteiger partial charge in [0.25, 0.3) is 0 Å². The minimum Gasteiger partial charge on any atom is -0.309 e. The summed E-state index contributed by atoms with van der Waals surface area (Å²) in [5.41, 5.74) is 1.86. The van der Waals surface area contributed by atoms with E-state index < -0.39 is 0 Å².